The summed E-state index contributed by atoms with van der Waals surface area (Å²) in [6, 6.07) is 2.56. The molecule has 1 aliphatic carbocycles. The van der Waals surface area contributed by atoms with Gasteiger partial charge in [0.2, 0.25) is 0 Å². The normalized spacial score (nSPS) is 17.2. The van der Waals surface area contributed by atoms with E-state index in [4.69, 9.17) is 12.2 Å². The van der Waals surface area contributed by atoms with Crippen molar-refractivity contribution in [3.63, 3.8) is 0 Å². The standard InChI is InChI=1S/C12H15N3S2/c1-8(6-9-4-5-17-7-9)15-11(10-2-3-10)13-14-12(15)16/h4-5,7-8,10H,2-3,6H2,1H3,(H,14,16). The molecular formula is C12H15N3S2. The fourth-order valence-electron chi connectivity index (χ4n) is 2.21. The van der Waals surface area contributed by atoms with E-state index in [1.807, 2.05) is 0 Å². The molecule has 1 unspecified atom stereocenters. The average molecular weight is 265 g/mol. The van der Waals surface area contributed by atoms with Crippen LogP contribution in [0.25, 0.3) is 0 Å². The zero-order chi connectivity index (χ0) is 11.8. The Morgan fingerprint density at radius 3 is 3.12 bits per heavy atom. The second-order valence-electron chi connectivity index (χ2n) is 4.72. The second kappa shape index (κ2) is 4.38. The number of H-pyrrole nitrogens is 1. The van der Waals surface area contributed by atoms with Crippen LogP contribution in [0.2, 0.25) is 0 Å². The van der Waals surface area contributed by atoms with Crippen molar-refractivity contribution in [2.45, 2.75) is 38.1 Å². The quantitative estimate of drug-likeness (QED) is 0.855. The molecule has 0 aliphatic heterocycles. The molecule has 2 heterocycles. The number of hydrogen-bond donors (Lipinski definition) is 1. The topological polar surface area (TPSA) is 33.6 Å². The van der Waals surface area contributed by atoms with Crippen molar-refractivity contribution in [1.29, 1.82) is 0 Å². The van der Waals surface area contributed by atoms with Crippen LogP contribution in [-0.2, 0) is 6.42 Å². The van der Waals surface area contributed by atoms with Crippen LogP contribution in [0, 0.1) is 4.77 Å². The molecule has 5 heteroatoms. The molecule has 2 aromatic heterocycles. The van der Waals surface area contributed by atoms with Crippen LogP contribution in [-0.4, -0.2) is 14.8 Å². The van der Waals surface area contributed by atoms with Crippen molar-refractivity contribution in [2.24, 2.45) is 0 Å². The van der Waals surface area contributed by atoms with Crippen LogP contribution < -0.4 is 0 Å². The lowest BCUT2D eigenvalue weighted by molar-refractivity contribution is 0.516. The summed E-state index contributed by atoms with van der Waals surface area (Å²) in [5.74, 6) is 1.78. The summed E-state index contributed by atoms with van der Waals surface area (Å²) in [5, 5.41) is 11.6. The molecule has 0 amide bonds. The lowest BCUT2D eigenvalue weighted by Crippen LogP contribution is -2.11. The van der Waals surface area contributed by atoms with Gasteiger partial charge in [0.25, 0.3) is 0 Å². The van der Waals surface area contributed by atoms with E-state index in [0.717, 1.165) is 17.0 Å². The Labute approximate surface area is 109 Å². The number of aromatic nitrogens is 3. The lowest BCUT2D eigenvalue weighted by atomic mass is 10.1. The fourth-order valence-corrected chi connectivity index (χ4v) is 3.21. The molecule has 1 aliphatic rings. The Morgan fingerprint density at radius 2 is 2.47 bits per heavy atom. The Bertz CT molecular complexity index is 549. The first kappa shape index (κ1) is 11.2. The summed E-state index contributed by atoms with van der Waals surface area (Å²) < 4.78 is 2.96. The average Bonchev–Trinajstić information content (AvgIpc) is 2.88. The highest BCUT2D eigenvalue weighted by Gasteiger charge is 2.30. The smallest absolute Gasteiger partial charge is 0.195 e. The maximum Gasteiger partial charge on any atom is 0.195 e. The number of nitrogens with zero attached hydrogens (tertiary/aromatic N) is 2. The summed E-state index contributed by atoms with van der Waals surface area (Å²) >= 11 is 7.09. The van der Waals surface area contributed by atoms with Crippen molar-refractivity contribution in [3.05, 3.63) is 33.0 Å². The minimum absolute atomic E-state index is 0.381. The highest BCUT2D eigenvalue weighted by molar-refractivity contribution is 7.71. The van der Waals surface area contributed by atoms with Gasteiger partial charge in [-0.05, 0) is 60.8 Å². The van der Waals surface area contributed by atoms with E-state index in [0.29, 0.717) is 12.0 Å². The van der Waals surface area contributed by atoms with E-state index >= 15 is 0 Å². The number of rotatable bonds is 4. The molecule has 1 atom stereocenters. The Balaban J connectivity index is 1.87. The van der Waals surface area contributed by atoms with Gasteiger partial charge in [-0.1, -0.05) is 0 Å². The SMILES string of the molecule is CC(Cc1ccsc1)n1c(C2CC2)n[nH]c1=S. The minimum Gasteiger partial charge on any atom is -0.301 e. The Morgan fingerprint density at radius 1 is 1.65 bits per heavy atom. The molecule has 17 heavy (non-hydrogen) atoms. The highest BCUT2D eigenvalue weighted by Crippen LogP contribution is 2.40. The number of aromatic amines is 1. The van der Waals surface area contributed by atoms with Crippen molar-refractivity contribution < 1.29 is 0 Å². The third-order valence-electron chi connectivity index (χ3n) is 3.23. The summed E-state index contributed by atoms with van der Waals surface area (Å²) in [4.78, 5) is 0. The molecule has 3 rings (SSSR count). The van der Waals surface area contributed by atoms with Crippen LogP contribution >= 0.6 is 23.6 Å². The predicted octanol–water partition coefficient (Wildman–Crippen LogP) is 3.68. The zero-order valence-corrected chi connectivity index (χ0v) is 11.4. The highest BCUT2D eigenvalue weighted by atomic mass is 32.1. The molecule has 0 bridgehead atoms. The lowest BCUT2D eigenvalue weighted by Gasteiger charge is -2.14. The van der Waals surface area contributed by atoms with E-state index < -0.39 is 0 Å². The summed E-state index contributed by atoms with van der Waals surface area (Å²) in [6.45, 7) is 2.22. The molecule has 1 fully saturated rings. The number of hydrogen-bond acceptors (Lipinski definition) is 3. The van der Waals surface area contributed by atoms with E-state index in [-0.39, 0.29) is 0 Å². The first-order valence-corrected chi connectivity index (χ1v) is 7.28. The van der Waals surface area contributed by atoms with Gasteiger partial charge in [-0.25, -0.2) is 0 Å². The third-order valence-corrected chi connectivity index (χ3v) is 4.25. The predicted molar refractivity (Wildman–Crippen MR) is 72.1 cm³/mol. The van der Waals surface area contributed by atoms with Gasteiger partial charge in [0.15, 0.2) is 4.77 Å². The van der Waals surface area contributed by atoms with Gasteiger partial charge < -0.3 is 4.57 Å². The largest absolute Gasteiger partial charge is 0.301 e. The van der Waals surface area contributed by atoms with Gasteiger partial charge in [-0.15, -0.1) is 0 Å². The van der Waals surface area contributed by atoms with Crippen molar-refractivity contribution in [2.75, 3.05) is 0 Å². The molecule has 0 spiro atoms. The van der Waals surface area contributed by atoms with Crippen molar-refractivity contribution >= 4 is 23.6 Å². The Hall–Kier alpha value is -0.940. The van der Waals surface area contributed by atoms with E-state index in [1.54, 1.807) is 11.3 Å². The zero-order valence-electron chi connectivity index (χ0n) is 9.72. The first-order chi connectivity index (χ1) is 8.25. The van der Waals surface area contributed by atoms with Crippen molar-refractivity contribution in [1.82, 2.24) is 14.8 Å². The van der Waals surface area contributed by atoms with Crippen molar-refractivity contribution in [3.8, 4) is 0 Å². The van der Waals surface area contributed by atoms with Crippen LogP contribution in [0.4, 0.5) is 0 Å². The summed E-state index contributed by atoms with van der Waals surface area (Å²) in [7, 11) is 0. The first-order valence-electron chi connectivity index (χ1n) is 5.93. The van der Waals surface area contributed by atoms with Crippen LogP contribution in [0.3, 0.4) is 0 Å². The van der Waals surface area contributed by atoms with E-state index in [1.165, 1.54) is 18.4 Å². The maximum atomic E-state index is 5.34. The number of thiophene rings is 1. The van der Waals surface area contributed by atoms with Gasteiger partial charge in [-0.2, -0.15) is 16.4 Å². The molecule has 0 radical (unpaired) electrons. The summed E-state index contributed by atoms with van der Waals surface area (Å²) in [5.41, 5.74) is 1.38. The van der Waals surface area contributed by atoms with Gasteiger partial charge >= 0.3 is 0 Å². The van der Waals surface area contributed by atoms with E-state index in [9.17, 15) is 0 Å². The molecule has 0 saturated heterocycles. The van der Waals surface area contributed by atoms with Crippen LogP contribution in [0.5, 0.6) is 0 Å². The molecular weight excluding hydrogens is 250 g/mol. The summed E-state index contributed by atoms with van der Waals surface area (Å²) in [6.07, 6.45) is 3.53. The maximum absolute atomic E-state index is 5.34. The third kappa shape index (κ3) is 2.21. The van der Waals surface area contributed by atoms with Gasteiger partial charge in [0, 0.05) is 12.0 Å². The second-order valence-corrected chi connectivity index (χ2v) is 5.88. The molecule has 1 saturated carbocycles. The molecule has 1 N–H and O–H groups in total. The van der Waals surface area contributed by atoms with Gasteiger partial charge in [0.05, 0.1) is 0 Å². The molecule has 90 valence electrons. The van der Waals surface area contributed by atoms with Crippen LogP contribution in [0.15, 0.2) is 16.8 Å². The minimum atomic E-state index is 0.381. The molecule has 0 aromatic carbocycles. The molecule has 2 aromatic rings. The van der Waals surface area contributed by atoms with Crippen LogP contribution in [0.1, 0.15) is 43.1 Å². The van der Waals surface area contributed by atoms with Gasteiger partial charge in [-0.3, -0.25) is 5.10 Å². The number of nitrogens with one attached hydrogen (secondary N) is 1. The fraction of sp³-hybridized carbons (Fsp3) is 0.500. The van der Waals surface area contributed by atoms with Gasteiger partial charge in [0.1, 0.15) is 5.82 Å². The molecule has 3 nitrogen and oxygen atoms in total. The Kier molecular flexibility index (Phi) is 2.88. The van der Waals surface area contributed by atoms with E-state index in [2.05, 4.69) is 38.5 Å². The monoisotopic (exact) mass is 265 g/mol.